The second kappa shape index (κ2) is 19.7. The van der Waals surface area contributed by atoms with Gasteiger partial charge in [0.15, 0.2) is 17.7 Å². The number of nitrogens with two attached hydrogens (primary N) is 1. The number of hydrogen-bond acceptors (Lipinski definition) is 19. The predicted octanol–water partition coefficient (Wildman–Crippen LogP) is -0.415. The number of nitrogens with one attached hydrogen (secondary N) is 3. The third-order valence-corrected chi connectivity index (χ3v) is 14.0. The third kappa shape index (κ3) is 13.0. The van der Waals surface area contributed by atoms with Crippen LogP contribution in [0.4, 0.5) is 5.82 Å². The summed E-state index contributed by atoms with van der Waals surface area (Å²) in [7, 11) is -16.4. The molecule has 29 heteroatoms. The van der Waals surface area contributed by atoms with Crippen LogP contribution in [-0.2, 0) is 50.7 Å². The van der Waals surface area contributed by atoms with E-state index in [1.807, 2.05) is 0 Å². The van der Waals surface area contributed by atoms with Gasteiger partial charge in [0.1, 0.15) is 36.3 Å². The van der Waals surface area contributed by atoms with Gasteiger partial charge in [0.05, 0.1) is 25.6 Å². The lowest BCUT2D eigenvalue weighted by atomic mass is 9.85. The summed E-state index contributed by atoms with van der Waals surface area (Å²) in [5.41, 5.74) is 4.28. The molecule has 10 unspecified atom stereocenters. The molecule has 1 aliphatic carbocycles. The maximum Gasteiger partial charge on any atom is 0.481 e. The molecule has 25 nitrogen and oxygen atoms in total. The second-order valence-corrected chi connectivity index (χ2v) is 20.2. The number of aliphatic hydroxyl groups excluding tert-OH is 2. The summed E-state index contributed by atoms with van der Waals surface area (Å²) in [6.07, 6.45) is -1.48. The van der Waals surface area contributed by atoms with Crippen molar-refractivity contribution < 1.29 is 80.5 Å². The SMILES string of the molecule is CC(C)(COP(=O)(O)OP(=O)(O)OCC1OC(n2cnc3c(N)ncnc32)C(O)C1OP(=O)(O)O)C(O)C(=O)NCCC(=O)NCCSC(=O)C1CC2CCCCC2N1. The van der Waals surface area contributed by atoms with Crippen LogP contribution in [0.1, 0.15) is 58.6 Å². The van der Waals surface area contributed by atoms with E-state index in [0.717, 1.165) is 48.2 Å². The molecule has 5 rings (SSSR count). The largest absolute Gasteiger partial charge is 0.481 e. The minimum Gasteiger partial charge on any atom is -0.386 e. The summed E-state index contributed by atoms with van der Waals surface area (Å²) < 4.78 is 62.3. The molecule has 1 saturated carbocycles. The van der Waals surface area contributed by atoms with Crippen LogP contribution in [0, 0.1) is 11.3 Å². The molecule has 0 spiro atoms. The number of nitrogen functional groups attached to an aromatic ring is 1. The molecule has 0 radical (unpaired) electrons. The van der Waals surface area contributed by atoms with Gasteiger partial charge in [0.2, 0.25) is 16.9 Å². The third-order valence-electron chi connectivity index (χ3n) is 9.89. The zero-order valence-corrected chi connectivity index (χ0v) is 35.3. The van der Waals surface area contributed by atoms with Crippen LogP contribution >= 0.6 is 35.2 Å². The highest BCUT2D eigenvalue weighted by atomic mass is 32.2. The van der Waals surface area contributed by atoms with Gasteiger partial charge in [-0.2, -0.15) is 4.31 Å². The summed E-state index contributed by atoms with van der Waals surface area (Å²) >= 11 is 1.15. The molecule has 0 aromatic carbocycles. The first kappa shape index (κ1) is 47.6. The highest BCUT2D eigenvalue weighted by Crippen LogP contribution is 2.61. The number of fused-ring (bicyclic) bond motifs is 2. The van der Waals surface area contributed by atoms with E-state index in [1.165, 1.54) is 26.7 Å². The quantitative estimate of drug-likeness (QED) is 0.0596. The smallest absolute Gasteiger partial charge is 0.386 e. The van der Waals surface area contributed by atoms with Crippen LogP contribution in [0.2, 0.25) is 0 Å². The first-order chi connectivity index (χ1) is 27.6. The standard InChI is InChI=1S/C30H49N8O17P3S/c1-30(2,24(41)27(42)33-8-7-20(39)32-9-10-59-29(43)18-11-16-5-3-4-6-17(16)37-18)13-52-58(49,50)55-57(47,48)51-12-19-23(54-56(44,45)46)22(40)28(53-19)38-15-36-21-25(31)34-14-35-26(21)38/h14-19,22-24,28,37,40-41H,3-13H2,1-2H3,(H,32,39)(H,33,42)(H,47,48)(H,49,50)(H2,31,34,35)(H2,44,45,46). The lowest BCUT2D eigenvalue weighted by molar-refractivity contribution is -0.137. The minimum absolute atomic E-state index is 0.0328. The van der Waals surface area contributed by atoms with Crippen molar-refractivity contribution in [2.75, 3.05) is 37.8 Å². The van der Waals surface area contributed by atoms with Crippen molar-refractivity contribution >= 4 is 69.1 Å². The van der Waals surface area contributed by atoms with Crippen molar-refractivity contribution in [1.29, 1.82) is 0 Å². The van der Waals surface area contributed by atoms with Gasteiger partial charge in [-0.1, -0.05) is 38.5 Å². The fraction of sp³-hybridized carbons (Fsp3) is 0.733. The van der Waals surface area contributed by atoms with Crippen LogP contribution in [0.5, 0.6) is 0 Å². The van der Waals surface area contributed by atoms with Crippen molar-refractivity contribution in [2.45, 2.75) is 95.1 Å². The lowest BCUT2D eigenvalue weighted by Crippen LogP contribution is -2.46. The molecule has 10 atom stereocenters. The van der Waals surface area contributed by atoms with Crippen molar-refractivity contribution in [3.8, 4) is 0 Å². The number of nitrogens with zero attached hydrogens (tertiary/aromatic N) is 4. The van der Waals surface area contributed by atoms with Crippen LogP contribution < -0.4 is 21.7 Å². The number of phosphoric acid groups is 3. The number of phosphoric ester groups is 3. The second-order valence-electron chi connectivity index (χ2n) is 14.8. The number of anilines is 1. The predicted molar refractivity (Wildman–Crippen MR) is 204 cm³/mol. The van der Waals surface area contributed by atoms with E-state index < -0.39 is 84.6 Å². The number of carbonyl (C=O) groups is 3. The maximum atomic E-state index is 12.7. The van der Waals surface area contributed by atoms with Gasteiger partial charge >= 0.3 is 23.5 Å². The Hall–Kier alpha value is -2.48. The molecular formula is C30H49N8O17P3S. The van der Waals surface area contributed by atoms with Gasteiger partial charge < -0.3 is 56.2 Å². The van der Waals surface area contributed by atoms with Gasteiger partial charge in [-0.25, -0.2) is 28.6 Å². The normalized spacial score (nSPS) is 27.4. The zero-order valence-electron chi connectivity index (χ0n) is 31.8. The van der Waals surface area contributed by atoms with E-state index in [0.29, 0.717) is 17.7 Å². The van der Waals surface area contributed by atoms with Crippen molar-refractivity contribution in [3.05, 3.63) is 12.7 Å². The van der Waals surface area contributed by atoms with Gasteiger partial charge in [-0.05, 0) is 25.2 Å². The molecule has 59 heavy (non-hydrogen) atoms. The molecule has 2 saturated heterocycles. The van der Waals surface area contributed by atoms with Crippen LogP contribution in [0.25, 0.3) is 11.2 Å². The Morgan fingerprint density at radius 2 is 1.78 bits per heavy atom. The highest BCUT2D eigenvalue weighted by Gasteiger charge is 2.50. The molecule has 2 amide bonds. The van der Waals surface area contributed by atoms with E-state index in [-0.39, 0.29) is 47.6 Å². The lowest BCUT2D eigenvalue weighted by Gasteiger charge is -2.30. The molecule has 0 bridgehead atoms. The molecular weight excluding hydrogens is 869 g/mol. The van der Waals surface area contributed by atoms with Gasteiger partial charge in [0.25, 0.3) is 0 Å². The summed E-state index contributed by atoms with van der Waals surface area (Å²) in [5, 5.41) is 30.0. The first-order valence-electron chi connectivity index (χ1n) is 18.4. The Bertz CT molecular complexity index is 1960. The van der Waals surface area contributed by atoms with E-state index >= 15 is 0 Å². The Balaban J connectivity index is 1.03. The zero-order chi connectivity index (χ0) is 43.3. The van der Waals surface area contributed by atoms with E-state index in [9.17, 15) is 57.9 Å². The summed E-state index contributed by atoms with van der Waals surface area (Å²) in [4.78, 5) is 88.6. The van der Waals surface area contributed by atoms with Gasteiger partial charge in [-0.15, -0.1) is 0 Å². The number of ether oxygens (including phenoxy) is 1. The molecule has 3 fully saturated rings. The topological polar surface area (TPSA) is 376 Å². The number of rotatable bonds is 20. The van der Waals surface area contributed by atoms with Crippen molar-refractivity contribution in [1.82, 2.24) is 35.5 Å². The first-order valence-corrected chi connectivity index (χ1v) is 23.9. The average Bonchev–Trinajstić information content (AvgIpc) is 3.86. The van der Waals surface area contributed by atoms with E-state index in [1.54, 1.807) is 0 Å². The Kier molecular flexibility index (Phi) is 15.9. The fourth-order valence-corrected chi connectivity index (χ4v) is 10.5. The van der Waals surface area contributed by atoms with Gasteiger partial charge in [0, 0.05) is 36.7 Å². The number of hydrogen-bond donors (Lipinski definition) is 10. The number of thioether (sulfide) groups is 1. The Morgan fingerprint density at radius 1 is 1.07 bits per heavy atom. The van der Waals surface area contributed by atoms with Crippen LogP contribution in [0.3, 0.4) is 0 Å². The molecule has 3 aliphatic rings. The Labute approximate surface area is 341 Å². The Morgan fingerprint density at radius 3 is 2.49 bits per heavy atom. The summed E-state index contributed by atoms with van der Waals surface area (Å²) in [6, 6.07) is 0.217. The van der Waals surface area contributed by atoms with Gasteiger partial charge in [-0.3, -0.25) is 32.5 Å². The average molecular weight is 919 g/mol. The van der Waals surface area contributed by atoms with Crippen molar-refractivity contribution in [2.24, 2.45) is 11.3 Å². The number of carbonyl (C=O) groups excluding carboxylic acids is 3. The fourth-order valence-electron chi connectivity index (χ4n) is 6.89. The minimum atomic E-state index is -5.57. The molecule has 4 heterocycles. The van der Waals surface area contributed by atoms with Crippen LogP contribution in [-0.4, -0.2) is 135 Å². The monoisotopic (exact) mass is 918 g/mol. The number of imidazole rings is 1. The van der Waals surface area contributed by atoms with Crippen molar-refractivity contribution in [3.63, 3.8) is 0 Å². The number of amides is 2. The maximum absolute atomic E-state index is 12.7. The molecule has 2 aromatic heterocycles. The summed E-state index contributed by atoms with van der Waals surface area (Å²) in [6.45, 7) is 0.555. The van der Waals surface area contributed by atoms with Crippen LogP contribution in [0.15, 0.2) is 12.7 Å². The van der Waals surface area contributed by atoms with E-state index in [4.69, 9.17) is 19.5 Å². The molecule has 2 aromatic rings. The molecule has 11 N–H and O–H groups in total. The van der Waals surface area contributed by atoms with E-state index in [2.05, 4.69) is 39.7 Å². The number of aliphatic hydroxyl groups is 2. The highest BCUT2D eigenvalue weighted by molar-refractivity contribution is 8.13. The summed E-state index contributed by atoms with van der Waals surface area (Å²) in [5.74, 6) is -0.512. The molecule has 332 valence electrons. The number of aromatic nitrogens is 4. The molecule has 2 aliphatic heterocycles.